The molecule has 10 heteroatoms. The first kappa shape index (κ1) is 26.0. The topological polar surface area (TPSA) is 139 Å². The van der Waals surface area contributed by atoms with E-state index in [1.807, 2.05) is 0 Å². The first-order valence-electron chi connectivity index (χ1n) is 11.9. The second-order valence-corrected chi connectivity index (χ2v) is 8.54. The highest BCUT2D eigenvalue weighted by atomic mass is 16.5. The molecule has 0 saturated carbocycles. The number of hydrogen-bond donors (Lipinski definition) is 2. The molecule has 1 aliphatic rings. The Labute approximate surface area is 219 Å². The van der Waals surface area contributed by atoms with Crippen molar-refractivity contribution in [3.05, 3.63) is 83.4 Å². The number of nitriles is 2. The molecule has 4 rings (SSSR count). The predicted octanol–water partition coefficient (Wildman–Crippen LogP) is 4.04. The normalized spacial score (nSPS) is 13.2. The molecule has 192 valence electrons. The van der Waals surface area contributed by atoms with Gasteiger partial charge in [0.05, 0.1) is 23.3 Å². The van der Waals surface area contributed by atoms with Crippen molar-refractivity contribution in [3.63, 3.8) is 0 Å². The fourth-order valence-electron chi connectivity index (χ4n) is 3.96. The van der Waals surface area contributed by atoms with Crippen LogP contribution in [0.25, 0.3) is 0 Å². The summed E-state index contributed by atoms with van der Waals surface area (Å²) in [5.74, 6) is 1.61. The van der Waals surface area contributed by atoms with Crippen LogP contribution in [0.2, 0.25) is 0 Å². The largest absolute Gasteiger partial charge is 0.465 e. The van der Waals surface area contributed by atoms with Gasteiger partial charge in [-0.1, -0.05) is 0 Å². The molecule has 38 heavy (non-hydrogen) atoms. The van der Waals surface area contributed by atoms with Crippen LogP contribution in [-0.4, -0.2) is 66.2 Å². The zero-order valence-electron chi connectivity index (χ0n) is 20.5. The van der Waals surface area contributed by atoms with E-state index in [0.717, 1.165) is 0 Å². The molecule has 1 saturated heterocycles. The fourth-order valence-corrected chi connectivity index (χ4v) is 3.96. The van der Waals surface area contributed by atoms with E-state index in [1.54, 1.807) is 71.6 Å². The van der Waals surface area contributed by atoms with E-state index in [-0.39, 0.29) is 5.91 Å². The van der Waals surface area contributed by atoms with Gasteiger partial charge in [-0.15, -0.1) is 0 Å². The van der Waals surface area contributed by atoms with Crippen molar-refractivity contribution in [2.24, 2.45) is 0 Å². The van der Waals surface area contributed by atoms with Crippen molar-refractivity contribution in [2.45, 2.75) is 0 Å². The Morgan fingerprint density at radius 1 is 0.789 bits per heavy atom. The van der Waals surface area contributed by atoms with Gasteiger partial charge >= 0.3 is 6.09 Å². The lowest BCUT2D eigenvalue weighted by molar-refractivity contribution is 0.0638. The van der Waals surface area contributed by atoms with Crippen LogP contribution < -0.4 is 14.8 Å². The third kappa shape index (κ3) is 7.00. The molecule has 1 fully saturated rings. The van der Waals surface area contributed by atoms with Crippen LogP contribution in [0.4, 0.5) is 4.79 Å². The summed E-state index contributed by atoms with van der Waals surface area (Å²) in [5.41, 5.74) is 1.40. The lowest BCUT2D eigenvalue weighted by atomic mass is 10.1. The molecule has 0 atom stereocenters. The molecule has 0 radical (unpaired) electrons. The number of carbonyl (C=O) groups excluding carboxylic acids is 1. The van der Waals surface area contributed by atoms with Crippen LogP contribution in [0, 0.1) is 22.7 Å². The Hall–Kier alpha value is -5.06. The Kier molecular flexibility index (Phi) is 8.39. The second-order valence-electron chi connectivity index (χ2n) is 8.54. The van der Waals surface area contributed by atoms with Gasteiger partial charge in [-0.2, -0.15) is 10.5 Å². The maximum Gasteiger partial charge on any atom is 0.404 e. The number of ether oxygens (including phenoxy) is 2. The van der Waals surface area contributed by atoms with Gasteiger partial charge in [0.2, 0.25) is 0 Å². The van der Waals surface area contributed by atoms with E-state index in [1.165, 1.54) is 0 Å². The van der Waals surface area contributed by atoms with E-state index in [0.29, 0.717) is 79.0 Å². The van der Waals surface area contributed by atoms with E-state index in [2.05, 4.69) is 22.4 Å². The lowest BCUT2D eigenvalue weighted by Gasteiger charge is -2.34. The lowest BCUT2D eigenvalue weighted by Crippen LogP contribution is -2.50. The van der Waals surface area contributed by atoms with Crippen LogP contribution in [0.3, 0.4) is 0 Å². The van der Waals surface area contributed by atoms with Gasteiger partial charge in [-0.05, 0) is 60.7 Å². The molecule has 0 spiro atoms. The Bertz CT molecular complexity index is 1290. The van der Waals surface area contributed by atoms with Gasteiger partial charge in [0, 0.05) is 50.9 Å². The Balaban J connectivity index is 1.52. The van der Waals surface area contributed by atoms with Gasteiger partial charge in [0.1, 0.15) is 23.0 Å². The van der Waals surface area contributed by atoms with Gasteiger partial charge in [-0.3, -0.25) is 9.69 Å². The Morgan fingerprint density at radius 3 is 1.74 bits per heavy atom. The summed E-state index contributed by atoms with van der Waals surface area (Å²) in [6.07, 6.45) is -1.05. The SMILES string of the molecule is N#Cc1ccc(Oc2cc(Oc3ccc(C#N)cc3)cc(C(=O)N3CCN(CCNC(=O)O)CC3)c2)cc1. The summed E-state index contributed by atoms with van der Waals surface area (Å²) in [6.45, 7) is 3.15. The van der Waals surface area contributed by atoms with Crippen LogP contribution >= 0.6 is 0 Å². The smallest absolute Gasteiger partial charge is 0.404 e. The molecule has 3 aromatic carbocycles. The summed E-state index contributed by atoms with van der Waals surface area (Å²) in [6, 6.07) is 22.4. The number of carbonyl (C=O) groups is 2. The average molecular weight is 512 g/mol. The number of benzene rings is 3. The molecular formula is C28H25N5O5. The van der Waals surface area contributed by atoms with E-state index < -0.39 is 6.09 Å². The van der Waals surface area contributed by atoms with Crippen molar-refractivity contribution >= 4 is 12.0 Å². The average Bonchev–Trinajstić information content (AvgIpc) is 2.93. The first-order valence-corrected chi connectivity index (χ1v) is 11.9. The summed E-state index contributed by atoms with van der Waals surface area (Å²) >= 11 is 0. The number of piperazine rings is 1. The molecule has 0 unspecified atom stereocenters. The minimum atomic E-state index is -1.05. The third-order valence-corrected chi connectivity index (χ3v) is 5.93. The molecule has 1 heterocycles. The maximum atomic E-state index is 13.4. The molecule has 0 bridgehead atoms. The van der Waals surface area contributed by atoms with Crippen molar-refractivity contribution < 1.29 is 24.2 Å². The number of carboxylic acid groups (broad SMARTS) is 1. The second kappa shape index (κ2) is 12.3. The summed E-state index contributed by atoms with van der Waals surface area (Å²) in [5, 5.41) is 29.2. The predicted molar refractivity (Wildman–Crippen MR) is 137 cm³/mol. The van der Waals surface area contributed by atoms with E-state index in [4.69, 9.17) is 25.1 Å². The highest BCUT2D eigenvalue weighted by Gasteiger charge is 2.23. The van der Waals surface area contributed by atoms with Crippen molar-refractivity contribution in [2.75, 3.05) is 39.3 Å². The number of nitrogens with zero attached hydrogens (tertiary/aromatic N) is 4. The number of amides is 2. The van der Waals surface area contributed by atoms with E-state index in [9.17, 15) is 9.59 Å². The minimum absolute atomic E-state index is 0.178. The molecule has 2 amide bonds. The molecule has 0 aliphatic carbocycles. The van der Waals surface area contributed by atoms with Gasteiger partial charge in [0.15, 0.2) is 0 Å². The summed E-state index contributed by atoms with van der Waals surface area (Å²) in [7, 11) is 0. The Morgan fingerprint density at radius 2 is 1.29 bits per heavy atom. The van der Waals surface area contributed by atoms with Crippen LogP contribution in [0.5, 0.6) is 23.0 Å². The van der Waals surface area contributed by atoms with Crippen molar-refractivity contribution in [3.8, 4) is 35.1 Å². The zero-order chi connectivity index (χ0) is 26.9. The third-order valence-electron chi connectivity index (χ3n) is 5.93. The van der Waals surface area contributed by atoms with Crippen LogP contribution in [0.15, 0.2) is 66.7 Å². The molecule has 3 aromatic rings. The van der Waals surface area contributed by atoms with Gasteiger partial charge < -0.3 is 24.8 Å². The number of nitrogens with one attached hydrogen (secondary N) is 1. The molecule has 2 N–H and O–H groups in total. The molecule has 1 aliphatic heterocycles. The van der Waals surface area contributed by atoms with Crippen LogP contribution in [-0.2, 0) is 0 Å². The molecule has 0 aromatic heterocycles. The monoisotopic (exact) mass is 511 g/mol. The molecular weight excluding hydrogens is 486 g/mol. The summed E-state index contributed by atoms with van der Waals surface area (Å²) < 4.78 is 12.0. The minimum Gasteiger partial charge on any atom is -0.465 e. The van der Waals surface area contributed by atoms with Crippen molar-refractivity contribution in [1.82, 2.24) is 15.1 Å². The number of rotatable bonds is 8. The maximum absolute atomic E-state index is 13.4. The quantitative estimate of drug-likeness (QED) is 0.462. The zero-order valence-corrected chi connectivity index (χ0v) is 20.5. The standard InChI is InChI=1S/C28H25N5O5/c29-18-20-1-5-23(6-2-20)37-25-15-22(16-26(17-25)38-24-7-3-21(19-30)4-8-24)27(34)33-13-11-32(12-14-33)10-9-31-28(35)36/h1-8,15-17,31H,9-14H2,(H,35,36). The van der Waals surface area contributed by atoms with Crippen molar-refractivity contribution in [1.29, 1.82) is 10.5 Å². The number of hydrogen-bond acceptors (Lipinski definition) is 7. The first-order chi connectivity index (χ1) is 18.4. The van der Waals surface area contributed by atoms with E-state index >= 15 is 0 Å². The highest BCUT2D eigenvalue weighted by molar-refractivity contribution is 5.95. The fraction of sp³-hybridized carbons (Fsp3) is 0.214. The highest BCUT2D eigenvalue weighted by Crippen LogP contribution is 2.31. The summed E-state index contributed by atoms with van der Waals surface area (Å²) in [4.78, 5) is 27.9. The van der Waals surface area contributed by atoms with Gasteiger partial charge in [0.25, 0.3) is 5.91 Å². The van der Waals surface area contributed by atoms with Gasteiger partial charge in [-0.25, -0.2) is 4.79 Å². The van der Waals surface area contributed by atoms with Crippen LogP contribution in [0.1, 0.15) is 21.5 Å². The molecule has 10 nitrogen and oxygen atoms in total.